The Morgan fingerprint density at radius 1 is 1.50 bits per heavy atom. The quantitative estimate of drug-likeness (QED) is 0.782. The number of carboxylic acids is 1. The number of hydrogen-bond donors (Lipinski definition) is 2. The lowest BCUT2D eigenvalue weighted by Crippen LogP contribution is -2.10. The summed E-state index contributed by atoms with van der Waals surface area (Å²) in [6, 6.07) is 3.80. The minimum Gasteiger partial charge on any atom is -0.478 e. The molecule has 0 fully saturated rings. The van der Waals surface area contributed by atoms with Gasteiger partial charge in [0.1, 0.15) is 18.1 Å². The molecular weight excluding hydrogens is 192 g/mol. The van der Waals surface area contributed by atoms with Gasteiger partial charge in [-0.3, -0.25) is 0 Å². The third-order valence-electron chi connectivity index (χ3n) is 1.64. The van der Waals surface area contributed by atoms with E-state index in [2.05, 4.69) is 5.32 Å². The van der Waals surface area contributed by atoms with Gasteiger partial charge in [-0.05, 0) is 12.1 Å². The predicted octanol–water partition coefficient (Wildman–Crippen LogP) is 1.91. The fourth-order valence-corrected chi connectivity index (χ4v) is 1.07. The van der Waals surface area contributed by atoms with E-state index in [1.165, 1.54) is 12.1 Å². The van der Waals surface area contributed by atoms with Crippen LogP contribution in [0, 0.1) is 5.82 Å². The van der Waals surface area contributed by atoms with Crippen LogP contribution in [-0.4, -0.2) is 24.3 Å². The molecule has 3 nitrogen and oxygen atoms in total. The molecule has 0 saturated heterocycles. The maximum Gasteiger partial charge on any atom is 0.340 e. The second-order valence-corrected chi connectivity index (χ2v) is 2.58. The van der Waals surface area contributed by atoms with E-state index < -0.39 is 24.0 Å². The van der Waals surface area contributed by atoms with E-state index in [4.69, 9.17) is 5.11 Å². The Morgan fingerprint density at radius 3 is 2.79 bits per heavy atom. The number of halogens is 2. The summed E-state index contributed by atoms with van der Waals surface area (Å²) in [7, 11) is 0. The van der Waals surface area contributed by atoms with E-state index >= 15 is 0 Å². The minimum absolute atomic E-state index is 0.0380. The van der Waals surface area contributed by atoms with Gasteiger partial charge in [-0.15, -0.1) is 0 Å². The Balaban J connectivity index is 3.02. The van der Waals surface area contributed by atoms with E-state index in [9.17, 15) is 13.6 Å². The lowest BCUT2D eigenvalue weighted by Gasteiger charge is -2.07. The molecular formula is C9H9F2NO2. The first-order valence-electron chi connectivity index (χ1n) is 3.98. The standard InChI is InChI=1S/C9H9F2NO2/c10-4-5-12-7-3-1-2-6(11)8(7)9(13)14/h1-3,12H,4-5H2,(H,13,14). The highest BCUT2D eigenvalue weighted by Crippen LogP contribution is 2.18. The summed E-state index contributed by atoms with van der Waals surface area (Å²) in [6.07, 6.45) is 0. The van der Waals surface area contributed by atoms with Crippen molar-refractivity contribution in [3.63, 3.8) is 0 Å². The van der Waals surface area contributed by atoms with Crippen molar-refractivity contribution in [2.75, 3.05) is 18.5 Å². The van der Waals surface area contributed by atoms with Crippen LogP contribution in [0.1, 0.15) is 10.4 Å². The van der Waals surface area contributed by atoms with Crippen molar-refractivity contribution < 1.29 is 18.7 Å². The average Bonchev–Trinajstić information content (AvgIpc) is 2.14. The highest BCUT2D eigenvalue weighted by Gasteiger charge is 2.14. The third kappa shape index (κ3) is 2.18. The molecule has 76 valence electrons. The maximum atomic E-state index is 13.0. The van der Waals surface area contributed by atoms with Crippen LogP contribution in [0.25, 0.3) is 0 Å². The molecule has 2 N–H and O–H groups in total. The van der Waals surface area contributed by atoms with Crippen LogP contribution in [-0.2, 0) is 0 Å². The summed E-state index contributed by atoms with van der Waals surface area (Å²) in [5, 5.41) is 11.2. The molecule has 0 atom stereocenters. The fourth-order valence-electron chi connectivity index (χ4n) is 1.07. The molecule has 5 heteroatoms. The third-order valence-corrected chi connectivity index (χ3v) is 1.64. The smallest absolute Gasteiger partial charge is 0.340 e. The number of benzene rings is 1. The van der Waals surface area contributed by atoms with E-state index in [-0.39, 0.29) is 12.2 Å². The van der Waals surface area contributed by atoms with Crippen molar-refractivity contribution in [3.05, 3.63) is 29.6 Å². The summed E-state index contributed by atoms with van der Waals surface area (Å²) in [6.45, 7) is -0.681. The molecule has 0 heterocycles. The minimum atomic E-state index is -1.37. The first-order chi connectivity index (χ1) is 6.66. The Morgan fingerprint density at radius 2 is 2.21 bits per heavy atom. The zero-order chi connectivity index (χ0) is 10.6. The van der Waals surface area contributed by atoms with Gasteiger partial charge in [-0.2, -0.15) is 0 Å². The van der Waals surface area contributed by atoms with Crippen molar-refractivity contribution in [2.24, 2.45) is 0 Å². The van der Waals surface area contributed by atoms with Crippen molar-refractivity contribution in [3.8, 4) is 0 Å². The first-order valence-corrected chi connectivity index (χ1v) is 3.98. The van der Waals surface area contributed by atoms with Crippen molar-refractivity contribution in [1.29, 1.82) is 0 Å². The Kier molecular flexibility index (Phi) is 3.39. The summed E-state index contributed by atoms with van der Waals surface area (Å²) in [4.78, 5) is 10.6. The monoisotopic (exact) mass is 201 g/mol. The number of carbonyl (C=O) groups is 1. The highest BCUT2D eigenvalue weighted by molar-refractivity contribution is 5.94. The molecule has 0 radical (unpaired) electrons. The van der Waals surface area contributed by atoms with Gasteiger partial charge in [0, 0.05) is 6.54 Å². The van der Waals surface area contributed by atoms with Gasteiger partial charge in [0.2, 0.25) is 0 Å². The lowest BCUT2D eigenvalue weighted by atomic mass is 10.1. The van der Waals surface area contributed by atoms with Gasteiger partial charge < -0.3 is 10.4 Å². The predicted molar refractivity (Wildman–Crippen MR) is 47.8 cm³/mol. The van der Waals surface area contributed by atoms with Crippen LogP contribution in [0.15, 0.2) is 18.2 Å². The Labute approximate surface area is 79.4 Å². The molecule has 0 spiro atoms. The molecule has 0 saturated carbocycles. The molecule has 0 aromatic heterocycles. The normalized spacial score (nSPS) is 9.86. The van der Waals surface area contributed by atoms with Crippen molar-refractivity contribution in [1.82, 2.24) is 0 Å². The van der Waals surface area contributed by atoms with Gasteiger partial charge in [0.15, 0.2) is 0 Å². The number of nitrogens with one attached hydrogen (secondary N) is 1. The maximum absolute atomic E-state index is 13.0. The molecule has 1 aromatic carbocycles. The number of carboxylic acid groups (broad SMARTS) is 1. The summed E-state index contributed by atoms with van der Waals surface area (Å²) in [5.41, 5.74) is -0.365. The van der Waals surface area contributed by atoms with Crippen LogP contribution in [0.5, 0.6) is 0 Å². The molecule has 0 aliphatic heterocycles. The van der Waals surface area contributed by atoms with Gasteiger partial charge in [-0.1, -0.05) is 6.07 Å². The van der Waals surface area contributed by atoms with Crippen LogP contribution >= 0.6 is 0 Å². The Hall–Kier alpha value is -1.65. The van der Waals surface area contributed by atoms with Gasteiger partial charge in [0.05, 0.1) is 5.69 Å². The Bertz CT molecular complexity index is 342. The van der Waals surface area contributed by atoms with E-state index in [1.807, 2.05) is 0 Å². The molecule has 1 rings (SSSR count). The summed E-state index contributed by atoms with van der Waals surface area (Å²) in [5.74, 6) is -2.20. The molecule has 0 amide bonds. The molecule has 1 aromatic rings. The van der Waals surface area contributed by atoms with E-state index in [0.29, 0.717) is 0 Å². The number of alkyl halides is 1. The second-order valence-electron chi connectivity index (χ2n) is 2.58. The van der Waals surface area contributed by atoms with Crippen molar-refractivity contribution in [2.45, 2.75) is 0 Å². The summed E-state index contributed by atoms with van der Waals surface area (Å²) < 4.78 is 24.8. The molecule has 0 unspecified atom stereocenters. The zero-order valence-electron chi connectivity index (χ0n) is 7.26. The second kappa shape index (κ2) is 4.55. The van der Waals surface area contributed by atoms with E-state index in [0.717, 1.165) is 6.07 Å². The van der Waals surface area contributed by atoms with Gasteiger partial charge in [-0.25, -0.2) is 13.6 Å². The van der Waals surface area contributed by atoms with Crippen molar-refractivity contribution >= 4 is 11.7 Å². The zero-order valence-corrected chi connectivity index (χ0v) is 7.26. The number of aromatic carboxylic acids is 1. The van der Waals surface area contributed by atoms with E-state index in [1.54, 1.807) is 0 Å². The van der Waals surface area contributed by atoms with Crippen LogP contribution < -0.4 is 5.32 Å². The van der Waals surface area contributed by atoms with Gasteiger partial charge in [0.25, 0.3) is 0 Å². The van der Waals surface area contributed by atoms with Crippen LogP contribution in [0.3, 0.4) is 0 Å². The molecule has 0 aliphatic carbocycles. The number of rotatable bonds is 4. The SMILES string of the molecule is O=C(O)c1c(F)cccc1NCCF. The highest BCUT2D eigenvalue weighted by atomic mass is 19.1. The largest absolute Gasteiger partial charge is 0.478 e. The lowest BCUT2D eigenvalue weighted by molar-refractivity contribution is 0.0693. The molecule has 14 heavy (non-hydrogen) atoms. The molecule has 0 aliphatic rings. The summed E-state index contributed by atoms with van der Waals surface area (Å²) >= 11 is 0. The fraction of sp³-hybridized carbons (Fsp3) is 0.222. The van der Waals surface area contributed by atoms with Crippen LogP contribution in [0.4, 0.5) is 14.5 Å². The first kappa shape index (κ1) is 10.4. The topological polar surface area (TPSA) is 49.3 Å². The number of hydrogen-bond acceptors (Lipinski definition) is 2. The molecule has 0 bridgehead atoms. The van der Waals surface area contributed by atoms with Gasteiger partial charge >= 0.3 is 5.97 Å². The van der Waals surface area contributed by atoms with Crippen LogP contribution in [0.2, 0.25) is 0 Å². The average molecular weight is 201 g/mol. The number of anilines is 1.